The molecule has 1 saturated heterocycles. The fourth-order valence-electron chi connectivity index (χ4n) is 3.53. The number of nitrogens with one attached hydrogen (secondary N) is 1. The molecule has 2 aromatic rings. The van der Waals surface area contributed by atoms with Crippen LogP contribution in [-0.2, 0) is 6.18 Å². The van der Waals surface area contributed by atoms with Gasteiger partial charge >= 0.3 is 6.18 Å². The first-order valence-electron chi connectivity index (χ1n) is 9.73. The monoisotopic (exact) mass is 436 g/mol. The molecule has 3 rings (SSSR count). The first-order valence-corrected chi connectivity index (χ1v) is 9.73. The molecule has 2 amide bonds. The minimum Gasteiger partial charge on any atom is -0.496 e. The molecule has 0 aromatic heterocycles. The Morgan fingerprint density at radius 3 is 2.00 bits per heavy atom. The summed E-state index contributed by atoms with van der Waals surface area (Å²) in [6, 6.07) is 9.01. The fraction of sp³-hybridized carbons (Fsp3) is 0.364. The van der Waals surface area contributed by atoms with Crippen LogP contribution in [0.2, 0.25) is 0 Å². The number of hydrogen-bond donors (Lipinski definition) is 1. The molecule has 9 heteroatoms. The van der Waals surface area contributed by atoms with Crippen molar-refractivity contribution in [3.63, 3.8) is 0 Å². The summed E-state index contributed by atoms with van der Waals surface area (Å²) in [6.45, 7) is 0.829. The van der Waals surface area contributed by atoms with Crippen molar-refractivity contribution < 1.29 is 32.2 Å². The number of carbonyl (C=O) groups excluding carboxylic acids is 2. The minimum absolute atomic E-state index is 0.158. The molecule has 0 bridgehead atoms. The normalized spacial score (nSPS) is 14.8. The molecule has 0 radical (unpaired) electrons. The topological polar surface area (TPSA) is 67.9 Å². The van der Waals surface area contributed by atoms with E-state index in [0.29, 0.717) is 43.0 Å². The Balaban J connectivity index is 1.60. The van der Waals surface area contributed by atoms with Gasteiger partial charge in [-0.15, -0.1) is 0 Å². The Bertz CT molecular complexity index is 915. The molecule has 0 saturated carbocycles. The van der Waals surface area contributed by atoms with Crippen LogP contribution in [0.4, 0.5) is 13.2 Å². The van der Waals surface area contributed by atoms with Crippen molar-refractivity contribution in [1.82, 2.24) is 10.2 Å². The number of ether oxygens (including phenoxy) is 2. The second kappa shape index (κ2) is 9.28. The SMILES string of the molecule is COc1cccc(OC)c1C(=O)N1CCC(NC(=O)c2ccc(C(F)(F)F)cc2)CC1. The van der Waals surface area contributed by atoms with Crippen LogP contribution in [-0.4, -0.2) is 50.1 Å². The van der Waals surface area contributed by atoms with Crippen molar-refractivity contribution in [3.05, 3.63) is 59.2 Å². The summed E-state index contributed by atoms with van der Waals surface area (Å²) in [5.41, 5.74) is -0.298. The Labute approximate surface area is 177 Å². The van der Waals surface area contributed by atoms with Crippen molar-refractivity contribution in [3.8, 4) is 11.5 Å². The number of piperidine rings is 1. The summed E-state index contributed by atoms with van der Waals surface area (Å²) in [4.78, 5) is 27.0. The van der Waals surface area contributed by atoms with E-state index in [4.69, 9.17) is 9.47 Å². The largest absolute Gasteiger partial charge is 0.496 e. The lowest BCUT2D eigenvalue weighted by Gasteiger charge is -2.33. The van der Waals surface area contributed by atoms with Crippen molar-refractivity contribution in [2.75, 3.05) is 27.3 Å². The number of benzene rings is 2. The second-order valence-corrected chi connectivity index (χ2v) is 7.15. The lowest BCUT2D eigenvalue weighted by atomic mass is 10.0. The summed E-state index contributed by atoms with van der Waals surface area (Å²) in [7, 11) is 2.96. The molecule has 1 fully saturated rings. The van der Waals surface area contributed by atoms with Gasteiger partial charge in [0.1, 0.15) is 17.1 Å². The zero-order valence-electron chi connectivity index (χ0n) is 17.2. The van der Waals surface area contributed by atoms with Gasteiger partial charge < -0.3 is 19.7 Å². The first-order chi connectivity index (χ1) is 14.7. The zero-order valence-corrected chi connectivity index (χ0v) is 17.2. The van der Waals surface area contributed by atoms with E-state index in [1.54, 1.807) is 23.1 Å². The molecule has 6 nitrogen and oxygen atoms in total. The van der Waals surface area contributed by atoms with Crippen LogP contribution in [0, 0.1) is 0 Å². The smallest absolute Gasteiger partial charge is 0.416 e. The van der Waals surface area contributed by atoms with E-state index in [0.717, 1.165) is 24.3 Å². The third-order valence-corrected chi connectivity index (χ3v) is 5.23. The predicted molar refractivity (Wildman–Crippen MR) is 107 cm³/mol. The molecule has 2 aromatic carbocycles. The number of rotatable bonds is 5. The van der Waals surface area contributed by atoms with Gasteiger partial charge in [-0.25, -0.2) is 0 Å². The van der Waals surface area contributed by atoms with Crippen LogP contribution in [0.3, 0.4) is 0 Å². The molecule has 0 atom stereocenters. The summed E-state index contributed by atoms with van der Waals surface area (Å²) < 4.78 is 48.6. The Morgan fingerprint density at radius 2 is 1.52 bits per heavy atom. The molecule has 1 N–H and O–H groups in total. The molecule has 1 aliphatic rings. The highest BCUT2D eigenvalue weighted by atomic mass is 19.4. The molecular formula is C22H23F3N2O4. The highest BCUT2D eigenvalue weighted by Crippen LogP contribution is 2.31. The van der Waals surface area contributed by atoms with E-state index in [1.807, 2.05) is 0 Å². The van der Waals surface area contributed by atoms with Crippen molar-refractivity contribution in [2.24, 2.45) is 0 Å². The average Bonchev–Trinajstić information content (AvgIpc) is 2.78. The molecule has 0 aliphatic carbocycles. The molecule has 1 heterocycles. The third-order valence-electron chi connectivity index (χ3n) is 5.23. The van der Waals surface area contributed by atoms with Gasteiger partial charge in [-0.3, -0.25) is 9.59 Å². The molecule has 0 spiro atoms. The van der Waals surface area contributed by atoms with Crippen molar-refractivity contribution >= 4 is 11.8 Å². The lowest BCUT2D eigenvalue weighted by molar-refractivity contribution is -0.137. The maximum Gasteiger partial charge on any atom is 0.416 e. The van der Waals surface area contributed by atoms with Crippen LogP contribution in [0.25, 0.3) is 0 Å². The van der Waals surface area contributed by atoms with Gasteiger partial charge in [0.05, 0.1) is 19.8 Å². The van der Waals surface area contributed by atoms with Gasteiger partial charge in [-0.2, -0.15) is 13.2 Å². The molecule has 166 valence electrons. The quantitative estimate of drug-likeness (QED) is 0.775. The van der Waals surface area contributed by atoms with Crippen LogP contribution in [0.5, 0.6) is 11.5 Å². The van der Waals surface area contributed by atoms with Gasteiger partial charge in [-0.05, 0) is 49.2 Å². The van der Waals surface area contributed by atoms with Gasteiger partial charge in [0.15, 0.2) is 0 Å². The third kappa shape index (κ3) is 5.10. The summed E-state index contributed by atoms with van der Waals surface area (Å²) >= 11 is 0. The van der Waals surface area contributed by atoms with Crippen LogP contribution in [0.15, 0.2) is 42.5 Å². The van der Waals surface area contributed by atoms with Gasteiger partial charge in [0.2, 0.25) is 0 Å². The summed E-state index contributed by atoms with van der Waals surface area (Å²) in [5.74, 6) is 0.177. The standard InChI is InChI=1S/C22H23F3N2O4/c1-30-17-4-3-5-18(31-2)19(17)21(29)27-12-10-16(11-13-27)26-20(28)14-6-8-15(9-7-14)22(23,24)25/h3-9,16H,10-13H2,1-2H3,(H,26,28). The van der Waals surface area contributed by atoms with E-state index < -0.39 is 17.6 Å². The molecule has 0 unspecified atom stereocenters. The minimum atomic E-state index is -4.45. The van der Waals surface area contributed by atoms with E-state index >= 15 is 0 Å². The van der Waals surface area contributed by atoms with E-state index in [9.17, 15) is 22.8 Å². The van der Waals surface area contributed by atoms with Crippen LogP contribution >= 0.6 is 0 Å². The first kappa shape index (κ1) is 22.5. The van der Waals surface area contributed by atoms with Gasteiger partial charge in [0, 0.05) is 24.7 Å². The summed E-state index contributed by atoms with van der Waals surface area (Å²) in [5, 5.41) is 2.83. The highest BCUT2D eigenvalue weighted by Gasteiger charge is 2.31. The number of hydrogen-bond acceptors (Lipinski definition) is 4. The Morgan fingerprint density at radius 1 is 0.968 bits per heavy atom. The van der Waals surface area contributed by atoms with Crippen LogP contribution < -0.4 is 14.8 Å². The summed E-state index contributed by atoms with van der Waals surface area (Å²) in [6.07, 6.45) is -3.40. The number of carbonyl (C=O) groups is 2. The molecular weight excluding hydrogens is 413 g/mol. The van der Waals surface area contributed by atoms with Crippen molar-refractivity contribution in [2.45, 2.75) is 25.1 Å². The fourth-order valence-corrected chi connectivity index (χ4v) is 3.53. The van der Waals surface area contributed by atoms with E-state index in [1.165, 1.54) is 14.2 Å². The predicted octanol–water partition coefficient (Wildman–Crippen LogP) is 3.76. The molecule has 31 heavy (non-hydrogen) atoms. The van der Waals surface area contributed by atoms with Gasteiger partial charge in [-0.1, -0.05) is 6.07 Å². The zero-order chi connectivity index (χ0) is 22.6. The second-order valence-electron chi connectivity index (χ2n) is 7.15. The number of amides is 2. The maximum atomic E-state index is 13.0. The number of likely N-dealkylation sites (tertiary alicyclic amines) is 1. The number of halogens is 3. The lowest BCUT2D eigenvalue weighted by Crippen LogP contribution is -2.46. The van der Waals surface area contributed by atoms with E-state index in [-0.39, 0.29) is 17.5 Å². The highest BCUT2D eigenvalue weighted by molar-refractivity contribution is 6.00. The van der Waals surface area contributed by atoms with E-state index in [2.05, 4.69) is 5.32 Å². The molecule has 1 aliphatic heterocycles. The number of methoxy groups -OCH3 is 2. The maximum absolute atomic E-state index is 13.0. The Hall–Kier alpha value is -3.23. The Kier molecular flexibility index (Phi) is 6.72. The number of alkyl halides is 3. The van der Waals surface area contributed by atoms with Crippen molar-refractivity contribution in [1.29, 1.82) is 0 Å². The van der Waals surface area contributed by atoms with Crippen LogP contribution in [0.1, 0.15) is 39.1 Å². The van der Waals surface area contributed by atoms with Gasteiger partial charge in [0.25, 0.3) is 11.8 Å². The number of nitrogens with zero attached hydrogens (tertiary/aromatic N) is 1. The average molecular weight is 436 g/mol.